The van der Waals surface area contributed by atoms with E-state index in [1.54, 1.807) is 0 Å². The number of hydrogen-bond acceptors (Lipinski definition) is 0. The minimum absolute atomic E-state index is 1.10. The van der Waals surface area contributed by atoms with Crippen molar-refractivity contribution in [3.63, 3.8) is 0 Å². The molecular formula is C12H21. The van der Waals surface area contributed by atoms with Crippen molar-refractivity contribution in [3.05, 3.63) is 5.92 Å². The van der Waals surface area contributed by atoms with Crippen LogP contribution in [0.2, 0.25) is 0 Å². The summed E-state index contributed by atoms with van der Waals surface area (Å²) in [5.74, 6) is 3.00. The van der Waals surface area contributed by atoms with Crippen LogP contribution < -0.4 is 0 Å². The molecule has 12 heavy (non-hydrogen) atoms. The molecule has 3 aliphatic rings. The molecule has 0 saturated heterocycles. The van der Waals surface area contributed by atoms with Gasteiger partial charge in [-0.3, -0.25) is 0 Å². The topological polar surface area (TPSA) is 0 Å². The fourth-order valence-corrected chi connectivity index (χ4v) is 2.79. The molecular weight excluding hydrogens is 144 g/mol. The van der Waals surface area contributed by atoms with E-state index in [0.29, 0.717) is 0 Å². The zero-order valence-electron chi connectivity index (χ0n) is 8.15. The number of fused-ring (bicyclic) bond motifs is 7. The van der Waals surface area contributed by atoms with Crippen LogP contribution in [0.25, 0.3) is 0 Å². The Hall–Kier alpha value is 0. The van der Waals surface area contributed by atoms with E-state index in [9.17, 15) is 0 Å². The van der Waals surface area contributed by atoms with E-state index in [4.69, 9.17) is 0 Å². The van der Waals surface area contributed by atoms with Gasteiger partial charge in [0, 0.05) is 0 Å². The van der Waals surface area contributed by atoms with Crippen molar-refractivity contribution in [1.29, 1.82) is 0 Å². The fraction of sp³-hybridized carbons (Fsp3) is 0.917. The summed E-state index contributed by atoms with van der Waals surface area (Å²) < 4.78 is 0. The summed E-state index contributed by atoms with van der Waals surface area (Å²) in [6, 6.07) is 0. The molecule has 0 amide bonds. The van der Waals surface area contributed by atoms with Crippen LogP contribution in [-0.2, 0) is 0 Å². The molecule has 0 aromatic carbocycles. The van der Waals surface area contributed by atoms with Gasteiger partial charge in [-0.05, 0) is 43.9 Å². The summed E-state index contributed by atoms with van der Waals surface area (Å²) in [5, 5.41) is 0. The van der Waals surface area contributed by atoms with Gasteiger partial charge in [0.25, 0.3) is 0 Å². The summed E-state index contributed by atoms with van der Waals surface area (Å²) in [6.45, 7) is 0. The van der Waals surface area contributed by atoms with Gasteiger partial charge in [-0.25, -0.2) is 0 Å². The van der Waals surface area contributed by atoms with Crippen molar-refractivity contribution >= 4 is 0 Å². The van der Waals surface area contributed by atoms with Crippen LogP contribution in [0.15, 0.2) is 0 Å². The van der Waals surface area contributed by atoms with E-state index in [0.717, 1.165) is 5.92 Å². The van der Waals surface area contributed by atoms with Crippen molar-refractivity contribution in [2.45, 2.75) is 64.2 Å². The molecule has 0 nitrogen and oxygen atoms in total. The first-order chi connectivity index (χ1) is 5.95. The van der Waals surface area contributed by atoms with Gasteiger partial charge < -0.3 is 0 Å². The second-order valence-corrected chi connectivity index (χ2v) is 4.65. The number of hydrogen-bond donors (Lipinski definition) is 0. The maximum absolute atomic E-state index is 1.90. The zero-order chi connectivity index (χ0) is 8.23. The SMILES string of the molecule is C1CCCC2CC[C](CC1)CC2. The molecule has 0 spiro atoms. The zero-order valence-corrected chi connectivity index (χ0v) is 8.15. The van der Waals surface area contributed by atoms with Crippen molar-refractivity contribution in [2.24, 2.45) is 5.92 Å². The second-order valence-electron chi connectivity index (χ2n) is 4.65. The third-order valence-electron chi connectivity index (χ3n) is 3.70. The Balaban J connectivity index is 1.86. The molecule has 69 valence electrons. The smallest absolute Gasteiger partial charge is 0.0241 e. The predicted octanol–water partition coefficient (Wildman–Crippen LogP) is 4.11. The van der Waals surface area contributed by atoms with Gasteiger partial charge in [-0.15, -0.1) is 0 Å². The highest BCUT2D eigenvalue weighted by molar-refractivity contribution is 4.94. The maximum Gasteiger partial charge on any atom is -0.0241 e. The van der Waals surface area contributed by atoms with E-state index >= 15 is 0 Å². The van der Waals surface area contributed by atoms with Gasteiger partial charge in [-0.1, -0.05) is 32.1 Å². The van der Waals surface area contributed by atoms with Crippen LogP contribution in [0.4, 0.5) is 0 Å². The molecule has 3 aliphatic carbocycles. The highest BCUT2D eigenvalue weighted by atomic mass is 14.3. The summed E-state index contributed by atoms with van der Waals surface area (Å²) >= 11 is 0. The molecule has 0 unspecified atom stereocenters. The molecule has 1 radical (unpaired) electrons. The predicted molar refractivity (Wildman–Crippen MR) is 52.9 cm³/mol. The Morgan fingerprint density at radius 1 is 0.667 bits per heavy atom. The van der Waals surface area contributed by atoms with E-state index < -0.39 is 0 Å². The van der Waals surface area contributed by atoms with E-state index in [1.165, 1.54) is 64.2 Å². The van der Waals surface area contributed by atoms with Gasteiger partial charge in [0.05, 0.1) is 0 Å². The van der Waals surface area contributed by atoms with Crippen molar-refractivity contribution in [2.75, 3.05) is 0 Å². The molecule has 0 aromatic heterocycles. The summed E-state index contributed by atoms with van der Waals surface area (Å²) in [5.41, 5.74) is 0. The maximum atomic E-state index is 1.90. The summed E-state index contributed by atoms with van der Waals surface area (Å²) in [6.07, 6.45) is 15.0. The monoisotopic (exact) mass is 165 g/mol. The molecule has 0 aromatic rings. The average Bonchev–Trinajstić information content (AvgIpc) is 2.16. The third kappa shape index (κ3) is 2.24. The molecule has 3 fully saturated rings. The largest absolute Gasteiger partial charge is 0.0533 e. The van der Waals surface area contributed by atoms with Crippen molar-refractivity contribution < 1.29 is 0 Å². The summed E-state index contributed by atoms with van der Waals surface area (Å²) in [7, 11) is 0. The number of rotatable bonds is 0. The van der Waals surface area contributed by atoms with Crippen LogP contribution in [0.3, 0.4) is 0 Å². The Morgan fingerprint density at radius 3 is 2.25 bits per heavy atom. The Morgan fingerprint density at radius 2 is 1.42 bits per heavy atom. The van der Waals surface area contributed by atoms with Crippen molar-refractivity contribution in [3.8, 4) is 0 Å². The molecule has 0 atom stereocenters. The average molecular weight is 165 g/mol. The van der Waals surface area contributed by atoms with Gasteiger partial charge in [0.15, 0.2) is 0 Å². The molecule has 0 heterocycles. The highest BCUT2D eigenvalue weighted by Crippen LogP contribution is 2.37. The first-order valence-corrected chi connectivity index (χ1v) is 5.79. The Bertz CT molecular complexity index is 98.5. The lowest BCUT2D eigenvalue weighted by molar-refractivity contribution is 0.322. The lowest BCUT2D eigenvalue weighted by atomic mass is 9.77. The van der Waals surface area contributed by atoms with Crippen LogP contribution >= 0.6 is 0 Å². The van der Waals surface area contributed by atoms with Crippen LogP contribution in [0.5, 0.6) is 0 Å². The summed E-state index contributed by atoms with van der Waals surface area (Å²) in [4.78, 5) is 0. The molecule has 0 N–H and O–H groups in total. The van der Waals surface area contributed by atoms with E-state index in [2.05, 4.69) is 0 Å². The quantitative estimate of drug-likeness (QED) is 0.507. The Labute approximate surface area is 76.7 Å². The highest BCUT2D eigenvalue weighted by Gasteiger charge is 2.21. The first-order valence-electron chi connectivity index (χ1n) is 5.79. The third-order valence-corrected chi connectivity index (χ3v) is 3.70. The van der Waals surface area contributed by atoms with Gasteiger partial charge >= 0.3 is 0 Å². The molecule has 0 heteroatoms. The minimum Gasteiger partial charge on any atom is -0.0533 e. The first kappa shape index (κ1) is 8.59. The lowest BCUT2D eigenvalue weighted by Crippen LogP contribution is -2.14. The van der Waals surface area contributed by atoms with Crippen molar-refractivity contribution in [1.82, 2.24) is 0 Å². The standard InChI is InChI=1S/C12H21/c1-2-4-6-12-9-7-11(5-3-1)8-10-12/h11H,1-10H2. The van der Waals surface area contributed by atoms with Crippen LogP contribution in [0.1, 0.15) is 64.2 Å². The van der Waals surface area contributed by atoms with Gasteiger partial charge in [0.2, 0.25) is 0 Å². The van der Waals surface area contributed by atoms with E-state index in [-0.39, 0.29) is 0 Å². The van der Waals surface area contributed by atoms with Gasteiger partial charge in [-0.2, -0.15) is 0 Å². The van der Waals surface area contributed by atoms with E-state index in [1.807, 2.05) is 5.92 Å². The lowest BCUT2D eigenvalue weighted by Gasteiger charge is -2.29. The Kier molecular flexibility index (Phi) is 3.08. The normalized spacial score (nSPS) is 29.0. The molecule has 3 rings (SSSR count). The second kappa shape index (κ2) is 4.30. The van der Waals surface area contributed by atoms with Crippen LogP contribution in [-0.4, -0.2) is 0 Å². The molecule has 2 bridgehead atoms. The molecule has 0 aliphatic heterocycles. The minimum atomic E-state index is 1.10. The van der Waals surface area contributed by atoms with Crippen LogP contribution in [0, 0.1) is 11.8 Å². The molecule has 3 saturated carbocycles. The van der Waals surface area contributed by atoms with Gasteiger partial charge in [0.1, 0.15) is 0 Å². The fourth-order valence-electron chi connectivity index (χ4n) is 2.79.